The molecule has 17 heavy (non-hydrogen) atoms. The molecule has 0 saturated heterocycles. The average Bonchev–Trinajstić information content (AvgIpc) is 2.76. The van der Waals surface area contributed by atoms with E-state index in [1.54, 1.807) is 11.3 Å². The Morgan fingerprint density at radius 3 is 2.41 bits per heavy atom. The molecule has 1 heterocycles. The van der Waals surface area contributed by atoms with Crippen LogP contribution in [0.15, 0.2) is 35.7 Å². The van der Waals surface area contributed by atoms with Crippen LogP contribution in [0.5, 0.6) is 0 Å². The number of benzene rings is 1. The second-order valence-corrected chi connectivity index (χ2v) is 5.71. The number of rotatable bonds is 4. The van der Waals surface area contributed by atoms with Crippen molar-refractivity contribution in [3.63, 3.8) is 0 Å². The molecule has 0 aliphatic rings. The van der Waals surface area contributed by atoms with Gasteiger partial charge in [-0.25, -0.2) is 0 Å². The molecule has 0 aliphatic heterocycles. The van der Waals surface area contributed by atoms with Crippen LogP contribution in [0, 0.1) is 6.92 Å². The first-order valence-electron chi connectivity index (χ1n) is 5.99. The van der Waals surface area contributed by atoms with E-state index in [0.717, 1.165) is 6.42 Å². The predicted octanol–water partition coefficient (Wildman–Crippen LogP) is 5.34. The summed E-state index contributed by atoms with van der Waals surface area (Å²) >= 11 is 8.25. The number of aryl methyl sites for hydroxylation is 2. The largest absolute Gasteiger partial charge is 0.147 e. The van der Waals surface area contributed by atoms with Crippen LogP contribution in [0.2, 0.25) is 0 Å². The molecule has 0 amide bonds. The van der Waals surface area contributed by atoms with Gasteiger partial charge in [0.2, 0.25) is 0 Å². The third-order valence-electron chi connectivity index (χ3n) is 2.94. The minimum atomic E-state index is -0.00863. The molecule has 1 atom stereocenters. The van der Waals surface area contributed by atoms with Gasteiger partial charge in [-0.05, 0) is 41.5 Å². The smallest absolute Gasteiger partial charge is 0.0930 e. The Morgan fingerprint density at radius 2 is 1.88 bits per heavy atom. The molecule has 1 aromatic carbocycles. The molecule has 0 aliphatic carbocycles. The summed E-state index contributed by atoms with van der Waals surface area (Å²) in [6.45, 7) is 4.32. The first kappa shape index (κ1) is 12.7. The lowest BCUT2D eigenvalue weighted by Gasteiger charge is -2.10. The molecule has 0 bridgehead atoms. The van der Waals surface area contributed by atoms with Gasteiger partial charge in [0.1, 0.15) is 0 Å². The van der Waals surface area contributed by atoms with Gasteiger partial charge in [-0.2, -0.15) is 0 Å². The van der Waals surface area contributed by atoms with E-state index in [1.165, 1.54) is 28.0 Å². The second-order valence-electron chi connectivity index (χ2n) is 4.32. The minimum Gasteiger partial charge on any atom is -0.147 e. The Labute approximate surface area is 112 Å². The first-order chi connectivity index (χ1) is 8.22. The number of hydrogen-bond acceptors (Lipinski definition) is 1. The summed E-state index contributed by atoms with van der Waals surface area (Å²) in [6.07, 6.45) is 2.33. The highest BCUT2D eigenvalue weighted by molar-refractivity contribution is 7.10. The van der Waals surface area contributed by atoms with Crippen molar-refractivity contribution in [2.24, 2.45) is 0 Å². The van der Waals surface area contributed by atoms with Gasteiger partial charge in [-0.15, -0.1) is 22.9 Å². The Morgan fingerprint density at radius 1 is 1.18 bits per heavy atom. The Hall–Kier alpha value is -0.790. The number of hydrogen-bond donors (Lipinski definition) is 0. The molecule has 2 rings (SSSR count). The van der Waals surface area contributed by atoms with E-state index in [0.29, 0.717) is 0 Å². The summed E-state index contributed by atoms with van der Waals surface area (Å²) < 4.78 is 0. The highest BCUT2D eigenvalue weighted by atomic mass is 35.5. The zero-order valence-corrected chi connectivity index (χ0v) is 11.8. The van der Waals surface area contributed by atoms with Crippen LogP contribution in [0.25, 0.3) is 0 Å². The van der Waals surface area contributed by atoms with Crippen molar-refractivity contribution < 1.29 is 0 Å². The third kappa shape index (κ3) is 2.91. The van der Waals surface area contributed by atoms with E-state index in [4.69, 9.17) is 11.6 Å². The molecule has 2 aromatic rings. The maximum absolute atomic E-state index is 6.52. The lowest BCUT2D eigenvalue weighted by atomic mass is 10.0. The molecule has 0 saturated carbocycles. The summed E-state index contributed by atoms with van der Waals surface area (Å²) in [5.41, 5.74) is 3.87. The van der Waals surface area contributed by atoms with E-state index in [2.05, 4.69) is 49.6 Å². The summed E-state index contributed by atoms with van der Waals surface area (Å²) in [7, 11) is 0. The Balaban J connectivity index is 2.20. The lowest BCUT2D eigenvalue weighted by molar-refractivity contribution is 0.920. The maximum Gasteiger partial charge on any atom is 0.0930 e. The SMILES string of the molecule is CCCc1ccc(C(Cl)c2sccc2C)cc1. The van der Waals surface area contributed by atoms with Crippen LogP contribution in [-0.4, -0.2) is 0 Å². The van der Waals surface area contributed by atoms with Crippen molar-refractivity contribution in [1.82, 2.24) is 0 Å². The van der Waals surface area contributed by atoms with E-state index < -0.39 is 0 Å². The molecule has 1 unspecified atom stereocenters. The third-order valence-corrected chi connectivity index (χ3v) is 4.63. The minimum absolute atomic E-state index is 0.00863. The number of halogens is 1. The van der Waals surface area contributed by atoms with E-state index in [-0.39, 0.29) is 5.38 Å². The molecule has 0 radical (unpaired) electrons. The predicted molar refractivity (Wildman–Crippen MR) is 77.2 cm³/mol. The lowest BCUT2D eigenvalue weighted by Crippen LogP contribution is -1.93. The van der Waals surface area contributed by atoms with Crippen LogP contribution in [0.3, 0.4) is 0 Å². The molecule has 90 valence electrons. The molecule has 0 spiro atoms. The van der Waals surface area contributed by atoms with Crippen molar-refractivity contribution in [2.45, 2.75) is 32.1 Å². The van der Waals surface area contributed by atoms with Crippen molar-refractivity contribution in [3.05, 3.63) is 57.3 Å². The van der Waals surface area contributed by atoms with Gasteiger partial charge in [-0.3, -0.25) is 0 Å². The quantitative estimate of drug-likeness (QED) is 0.654. The molecule has 0 nitrogen and oxygen atoms in total. The van der Waals surface area contributed by atoms with Crippen molar-refractivity contribution in [3.8, 4) is 0 Å². The fourth-order valence-corrected chi connectivity index (χ4v) is 3.34. The fourth-order valence-electron chi connectivity index (χ4n) is 1.94. The molecule has 2 heteroatoms. The number of thiophene rings is 1. The van der Waals surface area contributed by atoms with Gasteiger partial charge in [0.05, 0.1) is 5.38 Å². The number of alkyl halides is 1. The normalized spacial score (nSPS) is 12.6. The molecule has 0 N–H and O–H groups in total. The zero-order valence-electron chi connectivity index (χ0n) is 10.2. The summed E-state index contributed by atoms with van der Waals surface area (Å²) in [4.78, 5) is 1.26. The molecule has 0 fully saturated rings. The van der Waals surface area contributed by atoms with Crippen molar-refractivity contribution >= 4 is 22.9 Å². The van der Waals surface area contributed by atoms with Crippen molar-refractivity contribution in [1.29, 1.82) is 0 Å². The van der Waals surface area contributed by atoms with Crippen molar-refractivity contribution in [2.75, 3.05) is 0 Å². The Bertz CT molecular complexity index is 470. The zero-order chi connectivity index (χ0) is 12.3. The van der Waals surface area contributed by atoms with Gasteiger partial charge < -0.3 is 0 Å². The van der Waals surface area contributed by atoms with Crippen LogP contribution < -0.4 is 0 Å². The van der Waals surface area contributed by atoms with Crippen LogP contribution in [-0.2, 0) is 6.42 Å². The topological polar surface area (TPSA) is 0 Å². The fraction of sp³-hybridized carbons (Fsp3) is 0.333. The highest BCUT2D eigenvalue weighted by Crippen LogP contribution is 2.34. The summed E-state index contributed by atoms with van der Waals surface area (Å²) in [5, 5.41) is 2.09. The van der Waals surface area contributed by atoms with Crippen LogP contribution >= 0.6 is 22.9 Å². The van der Waals surface area contributed by atoms with E-state index in [9.17, 15) is 0 Å². The van der Waals surface area contributed by atoms with Gasteiger partial charge in [-0.1, -0.05) is 37.6 Å². The first-order valence-corrected chi connectivity index (χ1v) is 7.31. The Kier molecular flexibility index (Phi) is 4.25. The van der Waals surface area contributed by atoms with Crippen LogP contribution in [0.4, 0.5) is 0 Å². The van der Waals surface area contributed by atoms with E-state index >= 15 is 0 Å². The van der Waals surface area contributed by atoms with Gasteiger partial charge in [0, 0.05) is 4.88 Å². The summed E-state index contributed by atoms with van der Waals surface area (Å²) in [5.74, 6) is 0. The maximum atomic E-state index is 6.52. The van der Waals surface area contributed by atoms with Gasteiger partial charge in [0.25, 0.3) is 0 Å². The van der Waals surface area contributed by atoms with Gasteiger partial charge >= 0.3 is 0 Å². The molecular formula is C15H17ClS. The van der Waals surface area contributed by atoms with Gasteiger partial charge in [0.15, 0.2) is 0 Å². The van der Waals surface area contributed by atoms with E-state index in [1.807, 2.05) is 0 Å². The molecular weight excluding hydrogens is 248 g/mol. The standard InChI is InChI=1S/C15H17ClS/c1-3-4-12-5-7-13(8-6-12)14(16)15-11(2)9-10-17-15/h5-10,14H,3-4H2,1-2H3. The summed E-state index contributed by atoms with van der Waals surface area (Å²) in [6, 6.07) is 10.8. The highest BCUT2D eigenvalue weighted by Gasteiger charge is 2.14. The average molecular weight is 265 g/mol. The monoisotopic (exact) mass is 264 g/mol. The molecule has 1 aromatic heterocycles. The second kappa shape index (κ2) is 5.70. The van der Waals surface area contributed by atoms with Crippen LogP contribution in [0.1, 0.15) is 40.3 Å².